The van der Waals surface area contributed by atoms with Crippen LogP contribution >= 0.6 is 22.9 Å². The second-order valence-electron chi connectivity index (χ2n) is 5.53. The van der Waals surface area contributed by atoms with Crippen LogP contribution in [0.2, 0.25) is 5.15 Å². The molecule has 7 heteroatoms. The van der Waals surface area contributed by atoms with Crippen LogP contribution in [0, 0.1) is 6.92 Å². The molecule has 0 spiro atoms. The van der Waals surface area contributed by atoms with Crippen molar-refractivity contribution in [1.29, 1.82) is 0 Å². The number of nitrogens with one attached hydrogen (secondary N) is 1. The molecule has 1 amide bonds. The lowest BCUT2D eigenvalue weighted by Crippen LogP contribution is -2.12. The van der Waals surface area contributed by atoms with E-state index in [-0.39, 0.29) is 11.1 Å². The van der Waals surface area contributed by atoms with Crippen LogP contribution in [0.3, 0.4) is 0 Å². The van der Waals surface area contributed by atoms with Gasteiger partial charge in [0.25, 0.3) is 5.91 Å². The number of aromatic nitrogens is 3. The van der Waals surface area contributed by atoms with E-state index in [1.165, 1.54) is 0 Å². The number of carbonyl (C=O) groups excluding carboxylic acids is 1. The quantitative estimate of drug-likeness (QED) is 0.534. The molecule has 3 heterocycles. The van der Waals surface area contributed by atoms with Crippen molar-refractivity contribution in [3.63, 3.8) is 0 Å². The van der Waals surface area contributed by atoms with Crippen molar-refractivity contribution in [3.8, 4) is 11.3 Å². The van der Waals surface area contributed by atoms with Crippen molar-refractivity contribution >= 4 is 39.5 Å². The van der Waals surface area contributed by atoms with Crippen molar-refractivity contribution in [3.05, 3.63) is 70.6 Å². The maximum atomic E-state index is 12.4. The summed E-state index contributed by atoms with van der Waals surface area (Å²) in [6, 6.07) is 10.9. The Hall–Kier alpha value is -2.70. The maximum Gasteiger partial charge on any atom is 0.258 e. The number of nitrogens with zero attached hydrogens (tertiary/aromatic N) is 3. The Morgan fingerprint density at radius 3 is 2.96 bits per heavy atom. The Balaban J connectivity index is 1.63. The summed E-state index contributed by atoms with van der Waals surface area (Å²) in [5.74, 6) is -0.295. The van der Waals surface area contributed by atoms with Crippen LogP contribution in [0.1, 0.15) is 16.1 Å². The summed E-state index contributed by atoms with van der Waals surface area (Å²) in [6.45, 7) is 2.04. The highest BCUT2D eigenvalue weighted by Crippen LogP contribution is 2.26. The standard InChI is InChI=1S/C18H13ClN4OS/c1-11-10-25-18-22-15(9-23(11)18)12-4-2-5-13(8-12)21-17(24)14-6-3-7-20-16(14)19/h2-10H,1H3,(H,21,24). The zero-order chi connectivity index (χ0) is 17.4. The average molecular weight is 369 g/mol. The normalized spacial score (nSPS) is 11.0. The number of amides is 1. The molecular weight excluding hydrogens is 356 g/mol. The second-order valence-corrected chi connectivity index (χ2v) is 6.73. The molecule has 0 aliphatic rings. The van der Waals surface area contributed by atoms with E-state index in [0.29, 0.717) is 11.3 Å². The van der Waals surface area contributed by atoms with Gasteiger partial charge < -0.3 is 5.32 Å². The molecule has 1 aromatic carbocycles. The molecule has 0 saturated heterocycles. The Kier molecular flexibility index (Phi) is 3.99. The third-order valence-corrected chi connectivity index (χ3v) is 5.07. The molecule has 4 rings (SSSR count). The number of carbonyl (C=O) groups is 1. The first kappa shape index (κ1) is 15.8. The summed E-state index contributed by atoms with van der Waals surface area (Å²) in [5, 5.41) is 5.10. The molecule has 0 radical (unpaired) electrons. The van der Waals surface area contributed by atoms with Crippen molar-refractivity contribution in [2.75, 3.05) is 5.32 Å². The Morgan fingerprint density at radius 1 is 1.28 bits per heavy atom. The lowest BCUT2D eigenvalue weighted by Gasteiger charge is -2.07. The summed E-state index contributed by atoms with van der Waals surface area (Å²) >= 11 is 7.58. The number of imidazole rings is 1. The van der Waals surface area contributed by atoms with Gasteiger partial charge in [0.1, 0.15) is 5.15 Å². The largest absolute Gasteiger partial charge is 0.322 e. The van der Waals surface area contributed by atoms with E-state index in [1.54, 1.807) is 29.7 Å². The van der Waals surface area contributed by atoms with E-state index in [2.05, 4.69) is 25.1 Å². The Morgan fingerprint density at radius 2 is 2.16 bits per heavy atom. The van der Waals surface area contributed by atoms with Crippen LogP contribution in [0.25, 0.3) is 16.2 Å². The summed E-state index contributed by atoms with van der Waals surface area (Å²) in [5.41, 5.74) is 3.97. The molecule has 0 unspecified atom stereocenters. The summed E-state index contributed by atoms with van der Waals surface area (Å²) in [7, 11) is 0. The number of fused-ring (bicyclic) bond motifs is 1. The van der Waals surface area contributed by atoms with Gasteiger partial charge in [-0.2, -0.15) is 0 Å². The Bertz CT molecular complexity index is 1090. The number of hydrogen-bond acceptors (Lipinski definition) is 4. The van der Waals surface area contributed by atoms with Gasteiger partial charge in [0.2, 0.25) is 0 Å². The van der Waals surface area contributed by atoms with Crippen LogP contribution in [0.15, 0.2) is 54.2 Å². The highest BCUT2D eigenvalue weighted by Gasteiger charge is 2.12. The third kappa shape index (κ3) is 3.01. The van der Waals surface area contributed by atoms with Gasteiger partial charge in [0, 0.05) is 34.7 Å². The monoisotopic (exact) mass is 368 g/mol. The molecule has 4 aromatic rings. The summed E-state index contributed by atoms with van der Waals surface area (Å²) in [4.78, 5) is 21.9. The van der Waals surface area contributed by atoms with Gasteiger partial charge in [0.15, 0.2) is 4.96 Å². The molecule has 0 aliphatic heterocycles. The minimum absolute atomic E-state index is 0.181. The molecular formula is C18H13ClN4OS. The smallest absolute Gasteiger partial charge is 0.258 e. The number of pyridine rings is 1. The fourth-order valence-electron chi connectivity index (χ4n) is 2.54. The molecule has 0 aliphatic carbocycles. The number of rotatable bonds is 3. The fourth-order valence-corrected chi connectivity index (χ4v) is 3.60. The van der Waals surface area contributed by atoms with Gasteiger partial charge in [0.05, 0.1) is 11.3 Å². The first-order valence-electron chi connectivity index (χ1n) is 7.57. The van der Waals surface area contributed by atoms with Gasteiger partial charge in [-0.25, -0.2) is 9.97 Å². The van der Waals surface area contributed by atoms with Gasteiger partial charge in [-0.3, -0.25) is 9.20 Å². The van der Waals surface area contributed by atoms with E-state index in [0.717, 1.165) is 21.9 Å². The van der Waals surface area contributed by atoms with Crippen molar-refractivity contribution in [1.82, 2.24) is 14.4 Å². The zero-order valence-corrected chi connectivity index (χ0v) is 14.8. The molecule has 0 fully saturated rings. The van der Waals surface area contributed by atoms with Gasteiger partial charge in [-0.1, -0.05) is 23.7 Å². The van der Waals surface area contributed by atoms with Crippen LogP contribution in [-0.2, 0) is 0 Å². The van der Waals surface area contributed by atoms with Crippen LogP contribution < -0.4 is 5.32 Å². The zero-order valence-electron chi connectivity index (χ0n) is 13.2. The van der Waals surface area contributed by atoms with E-state index in [1.807, 2.05) is 37.4 Å². The highest BCUT2D eigenvalue weighted by molar-refractivity contribution is 7.15. The molecule has 1 N–H and O–H groups in total. The van der Waals surface area contributed by atoms with Gasteiger partial charge in [-0.05, 0) is 31.2 Å². The average Bonchev–Trinajstić information content (AvgIpc) is 3.18. The number of thiazole rings is 1. The number of aryl methyl sites for hydroxylation is 1. The van der Waals surface area contributed by atoms with E-state index in [9.17, 15) is 4.79 Å². The van der Waals surface area contributed by atoms with E-state index in [4.69, 9.17) is 11.6 Å². The molecule has 0 bridgehead atoms. The van der Waals surface area contributed by atoms with Crippen molar-refractivity contribution in [2.45, 2.75) is 6.92 Å². The maximum absolute atomic E-state index is 12.4. The Labute approximate surface area is 152 Å². The lowest BCUT2D eigenvalue weighted by molar-refractivity contribution is 0.102. The molecule has 5 nitrogen and oxygen atoms in total. The number of anilines is 1. The van der Waals surface area contributed by atoms with Crippen LogP contribution in [-0.4, -0.2) is 20.3 Å². The van der Waals surface area contributed by atoms with E-state index < -0.39 is 0 Å². The minimum Gasteiger partial charge on any atom is -0.322 e. The SMILES string of the molecule is Cc1csc2nc(-c3cccc(NC(=O)c4cccnc4Cl)c3)cn12. The summed E-state index contributed by atoms with van der Waals surface area (Å²) in [6.07, 6.45) is 3.55. The summed E-state index contributed by atoms with van der Waals surface area (Å²) < 4.78 is 2.06. The van der Waals surface area contributed by atoms with Crippen molar-refractivity contribution in [2.24, 2.45) is 0 Å². The van der Waals surface area contributed by atoms with Crippen LogP contribution in [0.4, 0.5) is 5.69 Å². The molecule has 25 heavy (non-hydrogen) atoms. The van der Waals surface area contributed by atoms with Gasteiger partial charge in [-0.15, -0.1) is 11.3 Å². The first-order chi connectivity index (χ1) is 12.1. The molecule has 3 aromatic heterocycles. The molecule has 0 saturated carbocycles. The topological polar surface area (TPSA) is 59.3 Å². The predicted molar refractivity (Wildman–Crippen MR) is 100 cm³/mol. The first-order valence-corrected chi connectivity index (χ1v) is 8.83. The minimum atomic E-state index is -0.295. The third-order valence-electron chi connectivity index (χ3n) is 3.81. The second kappa shape index (κ2) is 6.31. The van der Waals surface area contributed by atoms with E-state index >= 15 is 0 Å². The highest BCUT2D eigenvalue weighted by atomic mass is 35.5. The van der Waals surface area contributed by atoms with Gasteiger partial charge >= 0.3 is 0 Å². The lowest BCUT2D eigenvalue weighted by atomic mass is 10.1. The fraction of sp³-hybridized carbons (Fsp3) is 0.0556. The molecule has 124 valence electrons. The number of halogens is 1. The number of benzene rings is 1. The molecule has 0 atom stereocenters. The van der Waals surface area contributed by atoms with Crippen molar-refractivity contribution < 1.29 is 4.79 Å². The number of hydrogen-bond donors (Lipinski definition) is 1. The predicted octanol–water partition coefficient (Wildman–Crippen LogP) is 4.67. The van der Waals surface area contributed by atoms with Crippen LogP contribution in [0.5, 0.6) is 0 Å².